The van der Waals surface area contributed by atoms with Gasteiger partial charge in [0.25, 0.3) is 0 Å². The summed E-state index contributed by atoms with van der Waals surface area (Å²) >= 11 is 0. The lowest BCUT2D eigenvalue weighted by molar-refractivity contribution is 0.200. The van der Waals surface area contributed by atoms with Crippen molar-refractivity contribution in [2.24, 2.45) is 0 Å². The van der Waals surface area contributed by atoms with Crippen LogP contribution in [0.15, 0.2) is 47.3 Å². The van der Waals surface area contributed by atoms with Gasteiger partial charge in [-0.25, -0.2) is 0 Å². The molecule has 1 atom stereocenters. The van der Waals surface area contributed by atoms with Crippen LogP contribution in [0.25, 0.3) is 0 Å². The van der Waals surface area contributed by atoms with E-state index in [-0.39, 0.29) is 0 Å². The van der Waals surface area contributed by atoms with Gasteiger partial charge in [0.1, 0.15) is 0 Å². The number of nitrogens with one attached hydrogen (secondary N) is 1. The first-order valence-corrected chi connectivity index (χ1v) is 5.29. The third kappa shape index (κ3) is 2.44. The Morgan fingerprint density at radius 3 is 2.81 bits per heavy atom. The highest BCUT2D eigenvalue weighted by atomic mass is 16.3. The Hall–Kier alpha value is -1.74. The van der Waals surface area contributed by atoms with Crippen LogP contribution >= 0.6 is 0 Å². The second kappa shape index (κ2) is 4.86. The van der Waals surface area contributed by atoms with Gasteiger partial charge in [-0.05, 0) is 19.1 Å². The van der Waals surface area contributed by atoms with Crippen molar-refractivity contribution in [3.05, 3.63) is 54.0 Å². The molecular formula is C13H15NO2. The molecule has 0 aliphatic carbocycles. The summed E-state index contributed by atoms with van der Waals surface area (Å²) in [5.41, 5.74) is 2.95. The number of aliphatic hydroxyl groups excluding tert-OH is 1. The molecular weight excluding hydrogens is 202 g/mol. The maximum Gasteiger partial charge on any atom is 0.0952 e. The molecule has 0 radical (unpaired) electrons. The minimum atomic E-state index is -0.465. The molecule has 0 saturated carbocycles. The van der Waals surface area contributed by atoms with E-state index in [1.165, 1.54) is 0 Å². The fourth-order valence-electron chi connectivity index (χ4n) is 1.61. The fraction of sp³-hybridized carbons (Fsp3) is 0.231. The zero-order chi connectivity index (χ0) is 11.4. The molecule has 1 aromatic heterocycles. The normalized spacial score (nSPS) is 12.4. The van der Waals surface area contributed by atoms with Crippen LogP contribution in [-0.4, -0.2) is 5.11 Å². The largest absolute Gasteiger partial charge is 0.472 e. The Morgan fingerprint density at radius 2 is 2.12 bits per heavy atom. The molecule has 0 amide bonds. The molecule has 2 N–H and O–H groups in total. The summed E-state index contributed by atoms with van der Waals surface area (Å²) in [6, 6.07) is 9.66. The van der Waals surface area contributed by atoms with Crippen molar-refractivity contribution in [2.75, 3.05) is 5.32 Å². The summed E-state index contributed by atoms with van der Waals surface area (Å²) in [6.45, 7) is 2.46. The lowest BCUT2D eigenvalue weighted by Gasteiger charge is -2.13. The summed E-state index contributed by atoms with van der Waals surface area (Å²) < 4.78 is 4.99. The van der Waals surface area contributed by atoms with E-state index in [2.05, 4.69) is 5.32 Å². The molecule has 16 heavy (non-hydrogen) atoms. The first-order valence-electron chi connectivity index (χ1n) is 5.29. The molecule has 2 rings (SSSR count). The summed E-state index contributed by atoms with van der Waals surface area (Å²) in [4.78, 5) is 0. The van der Waals surface area contributed by atoms with Gasteiger partial charge in [-0.2, -0.15) is 0 Å². The maximum atomic E-state index is 9.60. The van der Waals surface area contributed by atoms with Gasteiger partial charge in [0, 0.05) is 23.4 Å². The van der Waals surface area contributed by atoms with Gasteiger partial charge in [-0.3, -0.25) is 0 Å². The van der Waals surface area contributed by atoms with Gasteiger partial charge < -0.3 is 14.8 Å². The average Bonchev–Trinajstić information content (AvgIpc) is 2.79. The van der Waals surface area contributed by atoms with Crippen LogP contribution in [0.5, 0.6) is 0 Å². The van der Waals surface area contributed by atoms with Crippen LogP contribution < -0.4 is 5.32 Å². The Bertz CT molecular complexity index is 435. The first kappa shape index (κ1) is 10.8. The van der Waals surface area contributed by atoms with Crippen molar-refractivity contribution in [2.45, 2.75) is 19.6 Å². The Balaban J connectivity index is 2.09. The highest BCUT2D eigenvalue weighted by Gasteiger charge is 2.06. The van der Waals surface area contributed by atoms with Gasteiger partial charge in [0.2, 0.25) is 0 Å². The highest BCUT2D eigenvalue weighted by Crippen LogP contribution is 2.22. The van der Waals surface area contributed by atoms with Crippen LogP contribution in [-0.2, 0) is 6.54 Å². The van der Waals surface area contributed by atoms with Gasteiger partial charge in [0.05, 0.1) is 18.6 Å². The summed E-state index contributed by atoms with van der Waals surface area (Å²) in [6.07, 6.45) is 2.89. The molecule has 1 aromatic carbocycles. The van der Waals surface area contributed by atoms with Crippen LogP contribution in [0.2, 0.25) is 0 Å². The highest BCUT2D eigenvalue weighted by molar-refractivity contribution is 5.52. The van der Waals surface area contributed by atoms with Gasteiger partial charge in [-0.1, -0.05) is 18.2 Å². The third-order valence-corrected chi connectivity index (χ3v) is 2.47. The monoisotopic (exact) mass is 217 g/mol. The lowest BCUT2D eigenvalue weighted by atomic mass is 10.1. The second-order valence-corrected chi connectivity index (χ2v) is 3.75. The zero-order valence-corrected chi connectivity index (χ0v) is 9.18. The number of hydrogen-bond acceptors (Lipinski definition) is 3. The van der Waals surface area contributed by atoms with E-state index in [0.29, 0.717) is 6.54 Å². The smallest absolute Gasteiger partial charge is 0.0952 e. The Kier molecular flexibility index (Phi) is 3.27. The molecule has 0 fully saturated rings. The summed E-state index contributed by atoms with van der Waals surface area (Å²) in [5.74, 6) is 0. The van der Waals surface area contributed by atoms with Crippen molar-refractivity contribution in [1.29, 1.82) is 0 Å². The van der Waals surface area contributed by atoms with Crippen LogP contribution in [0.3, 0.4) is 0 Å². The topological polar surface area (TPSA) is 45.4 Å². The van der Waals surface area contributed by atoms with Gasteiger partial charge in [-0.15, -0.1) is 0 Å². The van der Waals surface area contributed by atoms with E-state index < -0.39 is 6.10 Å². The number of anilines is 1. The summed E-state index contributed by atoms with van der Waals surface area (Å²) in [5, 5.41) is 12.9. The molecule has 0 saturated heterocycles. The molecule has 84 valence electrons. The quantitative estimate of drug-likeness (QED) is 0.827. The van der Waals surface area contributed by atoms with Gasteiger partial charge in [0.15, 0.2) is 0 Å². The molecule has 0 aliphatic heterocycles. The predicted octanol–water partition coefficient (Wildman–Crippen LogP) is 2.95. The van der Waals surface area contributed by atoms with Crippen LogP contribution in [0.4, 0.5) is 5.69 Å². The van der Waals surface area contributed by atoms with E-state index in [1.807, 2.05) is 30.3 Å². The zero-order valence-electron chi connectivity index (χ0n) is 9.18. The van der Waals surface area contributed by atoms with Crippen LogP contribution in [0.1, 0.15) is 24.2 Å². The number of hydrogen-bond donors (Lipinski definition) is 2. The standard InChI is InChI=1S/C13H15NO2/c1-10(15)12-4-2-3-5-13(12)14-8-11-6-7-16-9-11/h2-7,9-10,14-15H,8H2,1H3. The van der Waals surface area contributed by atoms with E-state index in [0.717, 1.165) is 16.8 Å². The number of aliphatic hydroxyl groups is 1. The second-order valence-electron chi connectivity index (χ2n) is 3.75. The molecule has 2 aromatic rings. The SMILES string of the molecule is CC(O)c1ccccc1NCc1ccoc1. The van der Waals surface area contributed by atoms with E-state index in [1.54, 1.807) is 19.5 Å². The van der Waals surface area contributed by atoms with Crippen molar-refractivity contribution >= 4 is 5.69 Å². The fourth-order valence-corrected chi connectivity index (χ4v) is 1.61. The Morgan fingerprint density at radius 1 is 1.31 bits per heavy atom. The van der Waals surface area contributed by atoms with E-state index in [9.17, 15) is 5.11 Å². The number of rotatable bonds is 4. The molecule has 1 heterocycles. The van der Waals surface area contributed by atoms with Crippen molar-refractivity contribution in [3.8, 4) is 0 Å². The van der Waals surface area contributed by atoms with Gasteiger partial charge >= 0.3 is 0 Å². The minimum Gasteiger partial charge on any atom is -0.472 e. The van der Waals surface area contributed by atoms with Crippen molar-refractivity contribution < 1.29 is 9.52 Å². The van der Waals surface area contributed by atoms with E-state index >= 15 is 0 Å². The molecule has 3 heteroatoms. The molecule has 0 bridgehead atoms. The molecule has 0 spiro atoms. The number of para-hydroxylation sites is 1. The van der Waals surface area contributed by atoms with E-state index in [4.69, 9.17) is 4.42 Å². The van der Waals surface area contributed by atoms with Crippen molar-refractivity contribution in [1.82, 2.24) is 0 Å². The first-order chi connectivity index (χ1) is 7.77. The predicted molar refractivity (Wildman–Crippen MR) is 63.1 cm³/mol. The Labute approximate surface area is 94.7 Å². The number of furan rings is 1. The molecule has 0 aliphatic rings. The summed E-state index contributed by atoms with van der Waals surface area (Å²) in [7, 11) is 0. The van der Waals surface area contributed by atoms with Crippen molar-refractivity contribution in [3.63, 3.8) is 0 Å². The molecule has 1 unspecified atom stereocenters. The third-order valence-electron chi connectivity index (χ3n) is 2.47. The maximum absolute atomic E-state index is 9.60. The molecule has 3 nitrogen and oxygen atoms in total. The van der Waals surface area contributed by atoms with Crippen LogP contribution in [0, 0.1) is 0 Å². The average molecular weight is 217 g/mol. The minimum absolute atomic E-state index is 0.465. The lowest BCUT2D eigenvalue weighted by Crippen LogP contribution is -2.03. The number of benzene rings is 1.